The van der Waals surface area contributed by atoms with E-state index >= 15 is 0 Å². The summed E-state index contributed by atoms with van der Waals surface area (Å²) in [5, 5.41) is 16.6. The fourth-order valence-corrected chi connectivity index (χ4v) is 3.96. The molecule has 4 heteroatoms. The third kappa shape index (κ3) is 3.59. The lowest BCUT2D eigenvalue weighted by Gasteiger charge is -2.26. The van der Waals surface area contributed by atoms with Gasteiger partial charge in [-0.3, -0.25) is 0 Å². The fraction of sp³-hybridized carbons (Fsp3) is 0.429. The number of piperidine rings is 1. The molecule has 3 aliphatic rings. The number of fused-ring (bicyclic) bond motifs is 1. The molecule has 25 heavy (non-hydrogen) atoms. The number of rotatable bonds is 4. The van der Waals surface area contributed by atoms with E-state index < -0.39 is 0 Å². The Balaban J connectivity index is 1.70. The monoisotopic (exact) mass is 336 g/mol. The van der Waals surface area contributed by atoms with E-state index in [1.165, 1.54) is 40.2 Å². The first-order valence-corrected chi connectivity index (χ1v) is 9.44. The number of anilines is 1. The molecule has 0 amide bonds. The van der Waals surface area contributed by atoms with Crippen LogP contribution in [0.5, 0.6) is 0 Å². The highest BCUT2D eigenvalue weighted by Crippen LogP contribution is 2.27. The zero-order valence-electron chi connectivity index (χ0n) is 14.9. The Morgan fingerprint density at radius 1 is 1.16 bits per heavy atom. The molecule has 1 saturated heterocycles. The summed E-state index contributed by atoms with van der Waals surface area (Å²) in [6.45, 7) is 3.12. The zero-order chi connectivity index (χ0) is 17.1. The van der Waals surface area contributed by atoms with Gasteiger partial charge in [0, 0.05) is 48.4 Å². The zero-order valence-corrected chi connectivity index (χ0v) is 14.9. The molecule has 1 aliphatic carbocycles. The maximum absolute atomic E-state index is 3.83. The molecule has 0 saturated carbocycles. The van der Waals surface area contributed by atoms with Crippen LogP contribution < -0.4 is 31.7 Å². The average molecular weight is 336 g/mol. The van der Waals surface area contributed by atoms with Gasteiger partial charge in [0.2, 0.25) is 0 Å². The second-order valence-corrected chi connectivity index (χ2v) is 7.11. The Bertz CT molecular complexity index is 800. The minimum Gasteiger partial charge on any atom is -0.388 e. The molecule has 1 fully saturated rings. The molecule has 2 aliphatic heterocycles. The second kappa shape index (κ2) is 7.36. The highest BCUT2D eigenvalue weighted by molar-refractivity contribution is 5.57. The predicted molar refractivity (Wildman–Crippen MR) is 106 cm³/mol. The van der Waals surface area contributed by atoms with Gasteiger partial charge in [-0.15, -0.1) is 0 Å². The van der Waals surface area contributed by atoms with Crippen LogP contribution in [0.2, 0.25) is 0 Å². The highest BCUT2D eigenvalue weighted by atomic mass is 15.0. The minimum atomic E-state index is 0.439. The van der Waals surface area contributed by atoms with Gasteiger partial charge in [0.1, 0.15) is 0 Å². The first kappa shape index (κ1) is 16.3. The van der Waals surface area contributed by atoms with Gasteiger partial charge in [-0.25, -0.2) is 0 Å². The normalized spacial score (nSPS) is 22.8. The van der Waals surface area contributed by atoms with E-state index in [1.807, 2.05) is 7.05 Å². The lowest BCUT2D eigenvalue weighted by Crippen LogP contribution is -2.40. The number of hydrogen-bond donors (Lipinski definition) is 4. The molecule has 1 atom stereocenters. The summed E-state index contributed by atoms with van der Waals surface area (Å²) in [6, 6.07) is 5.30. The lowest BCUT2D eigenvalue weighted by molar-refractivity contribution is 0.479. The Morgan fingerprint density at radius 3 is 2.88 bits per heavy atom. The first-order chi connectivity index (χ1) is 12.3. The quantitative estimate of drug-likeness (QED) is 0.666. The number of nitrogens with one attached hydrogen (secondary N) is 4. The molecule has 0 spiro atoms. The van der Waals surface area contributed by atoms with Gasteiger partial charge in [-0.2, -0.15) is 0 Å². The van der Waals surface area contributed by atoms with E-state index in [0.29, 0.717) is 12.0 Å². The smallest absolute Gasteiger partial charge is 0.0439 e. The van der Waals surface area contributed by atoms with Crippen LogP contribution in [0.1, 0.15) is 30.7 Å². The van der Waals surface area contributed by atoms with Crippen molar-refractivity contribution < 1.29 is 0 Å². The largest absolute Gasteiger partial charge is 0.388 e. The van der Waals surface area contributed by atoms with Crippen LogP contribution >= 0.6 is 0 Å². The number of benzene rings is 1. The second-order valence-electron chi connectivity index (χ2n) is 7.11. The lowest BCUT2D eigenvalue weighted by atomic mass is 9.90. The predicted octanol–water partition coefficient (Wildman–Crippen LogP) is 1.12. The average Bonchev–Trinajstić information content (AvgIpc) is 2.69. The molecule has 0 radical (unpaired) electrons. The molecule has 1 unspecified atom stereocenters. The third-order valence-corrected chi connectivity index (χ3v) is 5.40. The van der Waals surface area contributed by atoms with Crippen LogP contribution in [-0.2, 0) is 0 Å². The maximum atomic E-state index is 3.83. The van der Waals surface area contributed by atoms with Gasteiger partial charge in [-0.1, -0.05) is 24.3 Å². The van der Waals surface area contributed by atoms with Crippen molar-refractivity contribution >= 4 is 18.0 Å². The standard InChI is InChI=1S/C21H28N4/c1-22-19-4-2-3-15(12-19)17-11-16-5-8-24-14-20(16)21(13-17)25-18-6-9-23-10-7-18/h2,4-5,11-15,18,22-25H,3,6-10H2,1H3. The van der Waals surface area contributed by atoms with Crippen LogP contribution in [0, 0.1) is 0 Å². The first-order valence-electron chi connectivity index (χ1n) is 9.44. The summed E-state index contributed by atoms with van der Waals surface area (Å²) in [7, 11) is 1.99. The number of allylic oxidation sites excluding steroid dienone is 3. The van der Waals surface area contributed by atoms with Crippen molar-refractivity contribution in [1.82, 2.24) is 16.0 Å². The summed E-state index contributed by atoms with van der Waals surface area (Å²) >= 11 is 0. The van der Waals surface area contributed by atoms with Crippen molar-refractivity contribution in [2.75, 3.05) is 32.0 Å². The summed E-state index contributed by atoms with van der Waals surface area (Å²) in [4.78, 5) is 0. The highest BCUT2D eigenvalue weighted by Gasteiger charge is 2.17. The van der Waals surface area contributed by atoms with Gasteiger partial charge in [0.05, 0.1) is 0 Å². The van der Waals surface area contributed by atoms with Crippen LogP contribution in [-0.4, -0.2) is 32.7 Å². The van der Waals surface area contributed by atoms with Gasteiger partial charge < -0.3 is 21.3 Å². The third-order valence-electron chi connectivity index (χ3n) is 5.40. The molecule has 1 aromatic carbocycles. The topological polar surface area (TPSA) is 48.1 Å². The summed E-state index contributed by atoms with van der Waals surface area (Å²) in [5.41, 5.74) is 3.88. The van der Waals surface area contributed by atoms with E-state index in [4.69, 9.17) is 0 Å². The molecular formula is C21H28N4. The van der Waals surface area contributed by atoms with Crippen molar-refractivity contribution in [2.45, 2.75) is 31.2 Å². The van der Waals surface area contributed by atoms with Crippen molar-refractivity contribution in [2.24, 2.45) is 0 Å². The van der Waals surface area contributed by atoms with E-state index in [2.05, 4.69) is 63.9 Å². The van der Waals surface area contributed by atoms with Crippen molar-refractivity contribution in [3.63, 3.8) is 0 Å². The number of likely N-dealkylation sites (N-methyl/N-ethyl adjacent to an activating group) is 1. The molecule has 2 heterocycles. The summed E-state index contributed by atoms with van der Waals surface area (Å²) in [6.07, 6.45) is 14.7. The SMILES string of the molecule is CNC1=CC(c2cc(NC3CCNCC3)c3c(c2)=CCNC=3)CC=C1. The van der Waals surface area contributed by atoms with Crippen molar-refractivity contribution in [1.29, 1.82) is 0 Å². The van der Waals surface area contributed by atoms with Gasteiger partial charge >= 0.3 is 0 Å². The molecule has 0 bridgehead atoms. The molecular weight excluding hydrogens is 308 g/mol. The van der Waals surface area contributed by atoms with Gasteiger partial charge in [0.15, 0.2) is 0 Å². The molecule has 132 valence electrons. The van der Waals surface area contributed by atoms with Crippen molar-refractivity contribution in [3.05, 3.63) is 52.1 Å². The van der Waals surface area contributed by atoms with Crippen LogP contribution in [0.25, 0.3) is 12.3 Å². The Hall–Kier alpha value is -2.20. The van der Waals surface area contributed by atoms with Crippen LogP contribution in [0.4, 0.5) is 5.69 Å². The van der Waals surface area contributed by atoms with E-state index in [0.717, 1.165) is 26.1 Å². The van der Waals surface area contributed by atoms with E-state index in [1.54, 1.807) is 0 Å². The molecule has 1 aromatic rings. The van der Waals surface area contributed by atoms with Gasteiger partial charge in [0.25, 0.3) is 0 Å². The fourth-order valence-electron chi connectivity index (χ4n) is 3.96. The summed E-state index contributed by atoms with van der Waals surface area (Å²) < 4.78 is 0. The molecule has 4 nitrogen and oxygen atoms in total. The van der Waals surface area contributed by atoms with Crippen LogP contribution in [0.3, 0.4) is 0 Å². The maximum Gasteiger partial charge on any atom is 0.0439 e. The Morgan fingerprint density at radius 2 is 2.04 bits per heavy atom. The van der Waals surface area contributed by atoms with E-state index in [9.17, 15) is 0 Å². The van der Waals surface area contributed by atoms with Gasteiger partial charge in [-0.05, 0) is 55.3 Å². The molecule has 4 N–H and O–H groups in total. The van der Waals surface area contributed by atoms with E-state index in [-0.39, 0.29) is 0 Å². The molecule has 4 rings (SSSR count). The van der Waals surface area contributed by atoms with Crippen molar-refractivity contribution in [3.8, 4) is 0 Å². The summed E-state index contributed by atoms with van der Waals surface area (Å²) in [5.74, 6) is 0.439. The Labute approximate surface area is 149 Å². The minimum absolute atomic E-state index is 0.439. The number of hydrogen-bond acceptors (Lipinski definition) is 4. The van der Waals surface area contributed by atoms with Crippen LogP contribution in [0.15, 0.2) is 36.1 Å². The molecule has 0 aromatic heterocycles. The Kier molecular flexibility index (Phi) is 4.79.